The molecule has 0 saturated carbocycles. The minimum Gasteiger partial charge on any atom is -0.356 e. The van der Waals surface area contributed by atoms with Gasteiger partial charge in [-0.1, -0.05) is 36.0 Å². The van der Waals surface area contributed by atoms with Crippen LogP contribution in [0.1, 0.15) is 58.1 Å². The van der Waals surface area contributed by atoms with Gasteiger partial charge < -0.3 is 20.4 Å². The quantitative estimate of drug-likeness (QED) is 0.558. The molecule has 0 aliphatic carbocycles. The maximum Gasteiger partial charge on any atom is 0.286 e. The number of anilines is 1. The molecule has 3 amide bonds. The zero-order valence-electron chi connectivity index (χ0n) is 19.4. The molecular formula is C24H32N6O3S. The van der Waals surface area contributed by atoms with Gasteiger partial charge in [0.05, 0.1) is 5.92 Å². The number of hydrogen-bond donors (Lipinski definition) is 2. The molecule has 2 N–H and O–H groups in total. The fourth-order valence-electron chi connectivity index (χ4n) is 4.46. The van der Waals surface area contributed by atoms with Gasteiger partial charge in [0, 0.05) is 25.3 Å². The van der Waals surface area contributed by atoms with Crippen LogP contribution >= 0.6 is 11.3 Å². The fraction of sp³-hybridized carbons (Fsp3) is 0.542. The van der Waals surface area contributed by atoms with Gasteiger partial charge in [0.2, 0.25) is 15.9 Å². The molecule has 182 valence electrons. The monoisotopic (exact) mass is 484 g/mol. The van der Waals surface area contributed by atoms with Crippen molar-refractivity contribution in [2.75, 3.05) is 44.6 Å². The number of amides is 3. The number of carbonyl (C=O) groups excluding carboxylic acids is 3. The van der Waals surface area contributed by atoms with Crippen LogP contribution in [0.15, 0.2) is 30.3 Å². The molecule has 1 aromatic carbocycles. The standard InChI is InChI=1S/C24H32N6O3S/c31-20(25-12-8-15-29-13-5-2-6-14-29)18-9-7-16-30(17-18)24(33)23-28-27-22(34-23)21(32)26-19-10-3-1-4-11-19/h1,3-4,10-11,18H,2,5-9,12-17H2,(H,25,31)(H,26,32)/t18-/m1/s1. The summed E-state index contributed by atoms with van der Waals surface area (Å²) < 4.78 is 0. The first-order valence-corrected chi connectivity index (χ1v) is 12.9. The number of nitrogens with zero attached hydrogens (tertiary/aromatic N) is 4. The molecule has 0 bridgehead atoms. The third-order valence-electron chi connectivity index (χ3n) is 6.31. The molecule has 0 unspecified atom stereocenters. The number of nitrogens with one attached hydrogen (secondary N) is 2. The maximum atomic E-state index is 13.0. The Kier molecular flexibility index (Phi) is 8.59. The average Bonchev–Trinajstić information content (AvgIpc) is 3.38. The first-order chi connectivity index (χ1) is 16.6. The van der Waals surface area contributed by atoms with Crippen LogP contribution in [-0.2, 0) is 4.79 Å². The summed E-state index contributed by atoms with van der Waals surface area (Å²) in [6, 6.07) is 9.05. The predicted octanol–water partition coefficient (Wildman–Crippen LogP) is 2.63. The van der Waals surface area contributed by atoms with Gasteiger partial charge in [0.1, 0.15) is 0 Å². The van der Waals surface area contributed by atoms with Crippen LogP contribution in [0.3, 0.4) is 0 Å². The van der Waals surface area contributed by atoms with E-state index < -0.39 is 5.91 Å². The first-order valence-electron chi connectivity index (χ1n) is 12.1. The second kappa shape index (κ2) is 12.0. The van der Waals surface area contributed by atoms with E-state index in [1.807, 2.05) is 18.2 Å². The van der Waals surface area contributed by atoms with Crippen molar-refractivity contribution < 1.29 is 14.4 Å². The second-order valence-corrected chi connectivity index (χ2v) is 9.85. The van der Waals surface area contributed by atoms with Crippen LogP contribution in [0.4, 0.5) is 5.69 Å². The van der Waals surface area contributed by atoms with Crippen LogP contribution in [0.2, 0.25) is 0 Å². The average molecular weight is 485 g/mol. The van der Waals surface area contributed by atoms with Crippen molar-refractivity contribution in [3.63, 3.8) is 0 Å². The van der Waals surface area contributed by atoms with Crippen molar-refractivity contribution in [3.05, 3.63) is 40.3 Å². The van der Waals surface area contributed by atoms with Crippen LogP contribution < -0.4 is 10.6 Å². The number of piperidine rings is 2. The van der Waals surface area contributed by atoms with E-state index in [4.69, 9.17) is 0 Å². The molecular weight excluding hydrogens is 452 g/mol. The van der Waals surface area contributed by atoms with Gasteiger partial charge in [0.15, 0.2) is 0 Å². The lowest BCUT2D eigenvalue weighted by atomic mass is 9.97. The van der Waals surface area contributed by atoms with Crippen molar-refractivity contribution in [1.29, 1.82) is 0 Å². The number of hydrogen-bond acceptors (Lipinski definition) is 7. The molecule has 1 atom stereocenters. The van der Waals surface area contributed by atoms with Crippen molar-refractivity contribution in [1.82, 2.24) is 25.3 Å². The lowest BCUT2D eigenvalue weighted by Crippen LogP contribution is -2.45. The van der Waals surface area contributed by atoms with Crippen molar-refractivity contribution in [3.8, 4) is 0 Å². The lowest BCUT2D eigenvalue weighted by Gasteiger charge is -2.31. The molecule has 0 spiro atoms. The van der Waals surface area contributed by atoms with E-state index in [1.165, 1.54) is 19.3 Å². The summed E-state index contributed by atoms with van der Waals surface area (Å²) in [5.41, 5.74) is 0.649. The van der Waals surface area contributed by atoms with E-state index in [-0.39, 0.29) is 27.7 Å². The van der Waals surface area contributed by atoms with Crippen LogP contribution in [0, 0.1) is 5.92 Å². The summed E-state index contributed by atoms with van der Waals surface area (Å²) in [5.74, 6) is -0.889. The van der Waals surface area contributed by atoms with E-state index in [1.54, 1.807) is 17.0 Å². The SMILES string of the molecule is O=C(Nc1ccccc1)c1nnc(C(=O)N2CCC[C@@H](C(=O)NCCCN3CCCCC3)C2)s1. The van der Waals surface area contributed by atoms with Crippen molar-refractivity contribution >= 4 is 34.7 Å². The maximum absolute atomic E-state index is 13.0. The third kappa shape index (κ3) is 6.60. The molecule has 9 nitrogen and oxygen atoms in total. The van der Waals surface area contributed by atoms with Gasteiger partial charge in [-0.2, -0.15) is 0 Å². The molecule has 2 aliphatic rings. The number of likely N-dealkylation sites (tertiary alicyclic amines) is 2. The molecule has 34 heavy (non-hydrogen) atoms. The summed E-state index contributed by atoms with van der Waals surface area (Å²) in [7, 11) is 0. The number of para-hydroxylation sites is 1. The largest absolute Gasteiger partial charge is 0.356 e. The molecule has 1 aromatic heterocycles. The number of rotatable bonds is 8. The van der Waals surface area contributed by atoms with Gasteiger partial charge in [-0.15, -0.1) is 10.2 Å². The Morgan fingerprint density at radius 1 is 0.971 bits per heavy atom. The summed E-state index contributed by atoms with van der Waals surface area (Å²) in [6.07, 6.45) is 6.33. The van der Waals surface area contributed by atoms with Crippen LogP contribution in [0.5, 0.6) is 0 Å². The summed E-state index contributed by atoms with van der Waals surface area (Å²) in [4.78, 5) is 42.2. The zero-order valence-corrected chi connectivity index (χ0v) is 20.2. The zero-order chi connectivity index (χ0) is 23.8. The summed E-state index contributed by atoms with van der Waals surface area (Å²) in [6.45, 7) is 4.94. The Morgan fingerprint density at radius 3 is 2.53 bits per heavy atom. The predicted molar refractivity (Wildman–Crippen MR) is 131 cm³/mol. The smallest absolute Gasteiger partial charge is 0.286 e. The van der Waals surface area contributed by atoms with Gasteiger partial charge in [-0.05, 0) is 63.9 Å². The van der Waals surface area contributed by atoms with E-state index in [2.05, 4.69) is 25.7 Å². The molecule has 3 heterocycles. The van der Waals surface area contributed by atoms with Crippen LogP contribution in [-0.4, -0.2) is 77.0 Å². The van der Waals surface area contributed by atoms with E-state index in [9.17, 15) is 14.4 Å². The van der Waals surface area contributed by atoms with E-state index in [0.29, 0.717) is 25.3 Å². The van der Waals surface area contributed by atoms with Gasteiger partial charge in [-0.3, -0.25) is 14.4 Å². The second-order valence-electron chi connectivity index (χ2n) is 8.87. The molecule has 0 radical (unpaired) electrons. The minimum absolute atomic E-state index is 0.0105. The lowest BCUT2D eigenvalue weighted by molar-refractivity contribution is -0.126. The molecule has 2 aromatic rings. The Balaban J connectivity index is 1.24. The highest BCUT2D eigenvalue weighted by Crippen LogP contribution is 2.21. The Morgan fingerprint density at radius 2 is 1.74 bits per heavy atom. The minimum atomic E-state index is -0.400. The highest BCUT2D eigenvalue weighted by atomic mass is 32.1. The highest BCUT2D eigenvalue weighted by molar-refractivity contribution is 7.15. The van der Waals surface area contributed by atoms with Gasteiger partial charge in [0.25, 0.3) is 11.8 Å². The topological polar surface area (TPSA) is 108 Å². The van der Waals surface area contributed by atoms with E-state index >= 15 is 0 Å². The fourth-order valence-corrected chi connectivity index (χ4v) is 5.17. The number of aromatic nitrogens is 2. The summed E-state index contributed by atoms with van der Waals surface area (Å²) in [5, 5.41) is 13.9. The number of benzene rings is 1. The molecule has 2 aliphatic heterocycles. The van der Waals surface area contributed by atoms with Gasteiger partial charge >= 0.3 is 0 Å². The molecule has 10 heteroatoms. The van der Waals surface area contributed by atoms with Crippen molar-refractivity contribution in [2.24, 2.45) is 5.92 Å². The first kappa shape index (κ1) is 24.3. The van der Waals surface area contributed by atoms with Crippen molar-refractivity contribution in [2.45, 2.75) is 38.5 Å². The van der Waals surface area contributed by atoms with Crippen LogP contribution in [0.25, 0.3) is 0 Å². The van der Waals surface area contributed by atoms with Gasteiger partial charge in [-0.25, -0.2) is 0 Å². The Hall–Kier alpha value is -2.85. The van der Waals surface area contributed by atoms with E-state index in [0.717, 1.165) is 50.2 Å². The Labute approximate surface area is 203 Å². The highest BCUT2D eigenvalue weighted by Gasteiger charge is 2.30. The molecule has 4 rings (SSSR count). The number of carbonyl (C=O) groups is 3. The normalized spacial score (nSPS) is 18.9. The molecule has 2 saturated heterocycles. The summed E-state index contributed by atoms with van der Waals surface area (Å²) >= 11 is 0.971. The molecule has 2 fully saturated rings. The third-order valence-corrected chi connectivity index (χ3v) is 7.22. The Bertz CT molecular complexity index is 976.